The van der Waals surface area contributed by atoms with Crippen LogP contribution in [0, 0.1) is 12.7 Å². The molecule has 0 aliphatic rings. The fourth-order valence-electron chi connectivity index (χ4n) is 2.81. The monoisotopic (exact) mass is 396 g/mol. The molecule has 2 aromatic carbocycles. The Morgan fingerprint density at radius 3 is 2.93 bits per heavy atom. The number of amides is 1. The van der Waals surface area contributed by atoms with Crippen LogP contribution in [0.25, 0.3) is 21.6 Å². The van der Waals surface area contributed by atoms with Gasteiger partial charge in [-0.3, -0.25) is 5.32 Å². The number of ether oxygens (including phenoxy) is 1. The summed E-state index contributed by atoms with van der Waals surface area (Å²) in [6.07, 6.45) is 1.15. The molecule has 0 atom stereocenters. The third kappa shape index (κ3) is 3.59. The van der Waals surface area contributed by atoms with Crippen molar-refractivity contribution in [2.75, 3.05) is 5.32 Å². The lowest BCUT2D eigenvalue weighted by atomic mass is 10.2. The second-order valence-corrected chi connectivity index (χ2v) is 7.29. The number of nitrogens with zero attached hydrogens (tertiary/aromatic N) is 3. The number of carbonyl (C=O) groups excluding carboxylic acids is 1. The minimum Gasteiger partial charge on any atom is -0.444 e. The summed E-state index contributed by atoms with van der Waals surface area (Å²) in [4.78, 5) is 20.8. The number of halogens is 1. The van der Waals surface area contributed by atoms with Gasteiger partial charge in [-0.15, -0.1) is 0 Å². The summed E-state index contributed by atoms with van der Waals surface area (Å²) in [5, 5.41) is 3.72. The van der Waals surface area contributed by atoms with Crippen molar-refractivity contribution in [2.24, 2.45) is 7.05 Å². The Labute approximate surface area is 164 Å². The van der Waals surface area contributed by atoms with Crippen molar-refractivity contribution >= 4 is 33.5 Å². The number of anilines is 1. The van der Waals surface area contributed by atoms with Crippen LogP contribution in [0.3, 0.4) is 0 Å². The van der Waals surface area contributed by atoms with E-state index in [2.05, 4.69) is 15.3 Å². The lowest BCUT2D eigenvalue weighted by Gasteiger charge is -2.06. The first-order valence-electron chi connectivity index (χ1n) is 8.57. The predicted octanol–water partition coefficient (Wildman–Crippen LogP) is 4.89. The molecular weight excluding hydrogens is 379 g/mol. The number of aromatic nitrogens is 3. The van der Waals surface area contributed by atoms with Gasteiger partial charge in [-0.25, -0.2) is 19.2 Å². The summed E-state index contributed by atoms with van der Waals surface area (Å²) >= 11 is 1.21. The van der Waals surface area contributed by atoms with Crippen LogP contribution in [0.2, 0.25) is 0 Å². The first-order valence-corrected chi connectivity index (χ1v) is 9.39. The van der Waals surface area contributed by atoms with E-state index in [1.165, 1.54) is 17.4 Å². The molecule has 2 aromatic heterocycles. The fraction of sp³-hybridized carbons (Fsp3) is 0.150. The summed E-state index contributed by atoms with van der Waals surface area (Å²) in [6.45, 7) is 1.88. The van der Waals surface area contributed by atoms with Crippen molar-refractivity contribution in [3.63, 3.8) is 0 Å². The number of hydrogen-bond donors (Lipinski definition) is 1. The van der Waals surface area contributed by atoms with E-state index in [1.54, 1.807) is 31.5 Å². The Morgan fingerprint density at radius 2 is 2.11 bits per heavy atom. The zero-order chi connectivity index (χ0) is 19.7. The van der Waals surface area contributed by atoms with Crippen molar-refractivity contribution in [1.29, 1.82) is 0 Å². The highest BCUT2D eigenvalue weighted by atomic mass is 32.1. The van der Waals surface area contributed by atoms with E-state index in [9.17, 15) is 9.18 Å². The molecule has 28 heavy (non-hydrogen) atoms. The third-order valence-electron chi connectivity index (χ3n) is 4.28. The van der Waals surface area contributed by atoms with Gasteiger partial charge >= 0.3 is 6.09 Å². The molecule has 0 unspecified atom stereocenters. The molecule has 0 saturated heterocycles. The van der Waals surface area contributed by atoms with Gasteiger partial charge in [0.15, 0.2) is 0 Å². The number of carbonyl (C=O) groups is 1. The highest BCUT2D eigenvalue weighted by Crippen LogP contribution is 2.33. The molecule has 0 fully saturated rings. The predicted molar refractivity (Wildman–Crippen MR) is 107 cm³/mol. The Hall–Kier alpha value is -3.26. The Balaban J connectivity index is 1.43. The molecule has 1 amide bonds. The Kier molecular flexibility index (Phi) is 4.79. The van der Waals surface area contributed by atoms with Gasteiger partial charge in [0.1, 0.15) is 22.4 Å². The number of benzene rings is 2. The van der Waals surface area contributed by atoms with Gasteiger partial charge in [-0.05, 0) is 36.8 Å². The SMILES string of the molecule is Cc1nc(-c2ccccc2F)sc1NC(=O)OCc1ccc2c(c1)ncn2C. The zero-order valence-corrected chi connectivity index (χ0v) is 16.1. The van der Waals surface area contributed by atoms with Crippen molar-refractivity contribution in [1.82, 2.24) is 14.5 Å². The molecule has 0 aliphatic heterocycles. The van der Waals surface area contributed by atoms with Gasteiger partial charge in [-0.1, -0.05) is 29.5 Å². The maximum atomic E-state index is 13.9. The van der Waals surface area contributed by atoms with Crippen molar-refractivity contribution < 1.29 is 13.9 Å². The number of rotatable bonds is 4. The number of imidazole rings is 1. The molecular formula is C20H17FN4O2S. The van der Waals surface area contributed by atoms with E-state index in [0.717, 1.165) is 16.6 Å². The van der Waals surface area contributed by atoms with Crippen LogP contribution in [-0.4, -0.2) is 20.6 Å². The fourth-order valence-corrected chi connectivity index (χ4v) is 3.79. The van der Waals surface area contributed by atoms with Crippen molar-refractivity contribution in [3.05, 3.63) is 65.9 Å². The Morgan fingerprint density at radius 1 is 1.29 bits per heavy atom. The van der Waals surface area contributed by atoms with E-state index < -0.39 is 6.09 Å². The van der Waals surface area contributed by atoms with Crippen molar-refractivity contribution in [3.8, 4) is 10.6 Å². The largest absolute Gasteiger partial charge is 0.444 e. The third-order valence-corrected chi connectivity index (χ3v) is 5.38. The molecule has 0 spiro atoms. The van der Waals surface area contributed by atoms with Crippen LogP contribution in [0.15, 0.2) is 48.8 Å². The van der Waals surface area contributed by atoms with Gasteiger partial charge in [0, 0.05) is 12.6 Å². The highest BCUT2D eigenvalue weighted by Gasteiger charge is 2.15. The molecule has 1 N–H and O–H groups in total. The Bertz CT molecular complexity index is 1170. The van der Waals surface area contributed by atoms with Crippen LogP contribution in [0.4, 0.5) is 14.2 Å². The normalized spacial score (nSPS) is 11.0. The van der Waals surface area contributed by atoms with Gasteiger partial charge in [0.25, 0.3) is 0 Å². The topological polar surface area (TPSA) is 69.0 Å². The smallest absolute Gasteiger partial charge is 0.412 e. The summed E-state index contributed by atoms with van der Waals surface area (Å²) in [5.74, 6) is -0.352. The summed E-state index contributed by atoms with van der Waals surface area (Å²) in [6, 6.07) is 12.1. The van der Waals surface area contributed by atoms with Crippen LogP contribution >= 0.6 is 11.3 Å². The summed E-state index contributed by atoms with van der Waals surface area (Å²) in [5.41, 5.74) is 3.70. The minimum absolute atomic E-state index is 0.121. The molecule has 4 aromatic rings. The van der Waals surface area contributed by atoms with Gasteiger partial charge < -0.3 is 9.30 Å². The van der Waals surface area contributed by atoms with Crippen LogP contribution in [0.1, 0.15) is 11.3 Å². The second-order valence-electron chi connectivity index (χ2n) is 6.29. The number of fused-ring (bicyclic) bond motifs is 1. The lowest BCUT2D eigenvalue weighted by molar-refractivity contribution is 0.155. The molecule has 6 nitrogen and oxygen atoms in total. The number of thiazole rings is 1. The van der Waals surface area contributed by atoms with Crippen LogP contribution < -0.4 is 5.32 Å². The summed E-state index contributed by atoms with van der Waals surface area (Å²) in [7, 11) is 1.92. The quantitative estimate of drug-likeness (QED) is 0.533. The van der Waals surface area contributed by atoms with Gasteiger partial charge in [0.2, 0.25) is 0 Å². The van der Waals surface area contributed by atoms with E-state index >= 15 is 0 Å². The van der Waals surface area contributed by atoms with E-state index in [-0.39, 0.29) is 12.4 Å². The average Bonchev–Trinajstić information content (AvgIpc) is 3.23. The molecule has 2 heterocycles. The average molecular weight is 396 g/mol. The first-order chi connectivity index (χ1) is 13.5. The van der Waals surface area contributed by atoms with Crippen LogP contribution in [-0.2, 0) is 18.4 Å². The van der Waals surface area contributed by atoms with E-state index in [4.69, 9.17) is 4.74 Å². The molecule has 0 aliphatic carbocycles. The maximum Gasteiger partial charge on any atom is 0.412 e. The molecule has 142 valence electrons. The first kappa shape index (κ1) is 18.1. The molecule has 0 bridgehead atoms. The van der Waals surface area contributed by atoms with Gasteiger partial charge in [0.05, 0.1) is 23.1 Å². The van der Waals surface area contributed by atoms with E-state index in [1.807, 2.05) is 29.8 Å². The van der Waals surface area contributed by atoms with Gasteiger partial charge in [-0.2, -0.15) is 0 Å². The molecule has 8 heteroatoms. The van der Waals surface area contributed by atoms with Crippen LogP contribution in [0.5, 0.6) is 0 Å². The minimum atomic E-state index is -0.590. The number of aryl methyl sites for hydroxylation is 2. The number of nitrogens with one attached hydrogen (secondary N) is 1. The second kappa shape index (κ2) is 7.40. The highest BCUT2D eigenvalue weighted by molar-refractivity contribution is 7.19. The zero-order valence-electron chi connectivity index (χ0n) is 15.3. The molecule has 0 radical (unpaired) electrons. The maximum absolute atomic E-state index is 13.9. The number of hydrogen-bond acceptors (Lipinski definition) is 5. The molecule has 0 saturated carbocycles. The summed E-state index contributed by atoms with van der Waals surface area (Å²) < 4.78 is 21.2. The van der Waals surface area contributed by atoms with E-state index in [0.29, 0.717) is 21.3 Å². The van der Waals surface area contributed by atoms with Crippen molar-refractivity contribution in [2.45, 2.75) is 13.5 Å². The molecule has 4 rings (SSSR count). The lowest BCUT2D eigenvalue weighted by Crippen LogP contribution is -2.13. The standard InChI is InChI=1S/C20H17FN4O2S/c1-12-18(28-19(23-12)14-5-3-4-6-15(14)21)24-20(26)27-10-13-7-8-17-16(9-13)22-11-25(17)2/h3-9,11H,10H2,1-2H3,(H,24,26).